The van der Waals surface area contributed by atoms with Gasteiger partial charge >= 0.3 is 0 Å². The fourth-order valence-corrected chi connectivity index (χ4v) is 2.82. The van der Waals surface area contributed by atoms with Gasteiger partial charge in [0.05, 0.1) is 12.1 Å². The molecule has 19 heavy (non-hydrogen) atoms. The van der Waals surface area contributed by atoms with Crippen molar-refractivity contribution in [3.63, 3.8) is 0 Å². The Hall–Kier alpha value is -0.860. The smallest absolute Gasteiger partial charge is 0.0797 e. The van der Waals surface area contributed by atoms with Crippen molar-refractivity contribution in [2.24, 2.45) is 5.92 Å². The second kappa shape index (κ2) is 7.06. The molecule has 1 aliphatic rings. The van der Waals surface area contributed by atoms with Crippen LogP contribution in [-0.2, 0) is 11.2 Å². The van der Waals surface area contributed by atoms with Gasteiger partial charge in [-0.25, -0.2) is 0 Å². The van der Waals surface area contributed by atoms with Crippen molar-refractivity contribution in [2.45, 2.75) is 51.7 Å². The van der Waals surface area contributed by atoms with Gasteiger partial charge in [-0.05, 0) is 50.3 Å². The van der Waals surface area contributed by atoms with E-state index in [4.69, 9.17) is 4.74 Å². The van der Waals surface area contributed by atoms with Crippen LogP contribution in [0.4, 0.5) is 0 Å². The van der Waals surface area contributed by atoms with Crippen molar-refractivity contribution in [2.75, 3.05) is 13.7 Å². The molecule has 1 fully saturated rings. The summed E-state index contributed by atoms with van der Waals surface area (Å²) in [5, 5.41) is 3.45. The minimum Gasteiger partial charge on any atom is -0.376 e. The Balaban J connectivity index is 2.10. The molecule has 1 N–H and O–H groups in total. The first-order chi connectivity index (χ1) is 9.30. The van der Waals surface area contributed by atoms with Crippen LogP contribution in [0, 0.1) is 5.92 Å². The Bertz CT molecular complexity index is 369. The molecule has 2 atom stereocenters. The van der Waals surface area contributed by atoms with Gasteiger partial charge in [-0.1, -0.05) is 37.6 Å². The molecule has 0 spiro atoms. The van der Waals surface area contributed by atoms with Gasteiger partial charge in [0.25, 0.3) is 0 Å². The molecule has 2 unspecified atom stereocenters. The maximum Gasteiger partial charge on any atom is 0.0797 e. The fourth-order valence-electron chi connectivity index (χ4n) is 2.82. The molecule has 1 saturated carbocycles. The zero-order chi connectivity index (χ0) is 13.7. The van der Waals surface area contributed by atoms with Crippen LogP contribution in [0.2, 0.25) is 0 Å². The van der Waals surface area contributed by atoms with Crippen LogP contribution in [0.25, 0.3) is 0 Å². The first-order valence-electron chi connectivity index (χ1n) is 7.67. The number of hydrogen-bond acceptors (Lipinski definition) is 2. The molecular formula is C17H27NO. The highest BCUT2D eigenvalue weighted by molar-refractivity contribution is 5.26. The van der Waals surface area contributed by atoms with E-state index in [9.17, 15) is 0 Å². The fraction of sp³-hybridized carbons (Fsp3) is 0.647. The van der Waals surface area contributed by atoms with E-state index >= 15 is 0 Å². The third-order valence-corrected chi connectivity index (χ3v) is 3.96. The van der Waals surface area contributed by atoms with Crippen molar-refractivity contribution in [1.29, 1.82) is 0 Å². The molecule has 0 radical (unpaired) electrons. The molecule has 1 aromatic rings. The lowest BCUT2D eigenvalue weighted by molar-refractivity contribution is 0.0205. The third-order valence-electron chi connectivity index (χ3n) is 3.96. The van der Waals surface area contributed by atoms with E-state index in [0.29, 0.717) is 12.1 Å². The Morgan fingerprint density at radius 3 is 2.37 bits per heavy atom. The van der Waals surface area contributed by atoms with Gasteiger partial charge in [-0.3, -0.25) is 0 Å². The lowest BCUT2D eigenvalue weighted by Crippen LogP contribution is -2.33. The molecule has 0 bridgehead atoms. The maximum atomic E-state index is 5.99. The summed E-state index contributed by atoms with van der Waals surface area (Å²) >= 11 is 0. The van der Waals surface area contributed by atoms with Crippen molar-refractivity contribution >= 4 is 0 Å². The number of rotatable bonds is 8. The van der Waals surface area contributed by atoms with Gasteiger partial charge in [0.15, 0.2) is 0 Å². The molecule has 106 valence electrons. The summed E-state index contributed by atoms with van der Waals surface area (Å²) in [6.07, 6.45) is 5.33. The first kappa shape index (κ1) is 14.5. The molecular weight excluding hydrogens is 234 g/mol. The van der Waals surface area contributed by atoms with Gasteiger partial charge in [-0.15, -0.1) is 0 Å². The SMILES string of the molecule is CCCc1ccc(C(NC)C(OCC)C2CC2)cc1. The molecule has 0 heterocycles. The van der Waals surface area contributed by atoms with Crippen LogP contribution in [0.3, 0.4) is 0 Å². The van der Waals surface area contributed by atoms with Gasteiger partial charge in [0, 0.05) is 6.61 Å². The second-order valence-electron chi connectivity index (χ2n) is 5.52. The zero-order valence-corrected chi connectivity index (χ0v) is 12.5. The predicted octanol–water partition coefficient (Wildman–Crippen LogP) is 3.71. The molecule has 2 nitrogen and oxygen atoms in total. The van der Waals surface area contributed by atoms with Crippen LogP contribution in [0.15, 0.2) is 24.3 Å². The lowest BCUT2D eigenvalue weighted by atomic mass is 9.96. The highest BCUT2D eigenvalue weighted by Gasteiger charge is 2.37. The topological polar surface area (TPSA) is 21.3 Å². The van der Waals surface area contributed by atoms with E-state index in [0.717, 1.165) is 12.5 Å². The van der Waals surface area contributed by atoms with E-state index in [1.165, 1.54) is 36.8 Å². The van der Waals surface area contributed by atoms with Crippen LogP contribution in [0.1, 0.15) is 50.3 Å². The van der Waals surface area contributed by atoms with E-state index in [-0.39, 0.29) is 0 Å². The van der Waals surface area contributed by atoms with E-state index in [1.807, 2.05) is 7.05 Å². The molecule has 0 aromatic heterocycles. The van der Waals surface area contributed by atoms with Crippen molar-refractivity contribution in [1.82, 2.24) is 5.32 Å². The zero-order valence-electron chi connectivity index (χ0n) is 12.5. The van der Waals surface area contributed by atoms with Crippen molar-refractivity contribution in [3.8, 4) is 0 Å². The summed E-state index contributed by atoms with van der Waals surface area (Å²) in [6, 6.07) is 9.38. The number of aryl methyl sites for hydroxylation is 1. The summed E-state index contributed by atoms with van der Waals surface area (Å²) < 4.78 is 5.99. The molecule has 2 rings (SSSR count). The molecule has 0 saturated heterocycles. The molecule has 1 aliphatic carbocycles. The molecule has 0 amide bonds. The summed E-state index contributed by atoms with van der Waals surface area (Å²) in [5.74, 6) is 0.743. The van der Waals surface area contributed by atoms with Gasteiger partial charge in [-0.2, -0.15) is 0 Å². The first-order valence-corrected chi connectivity index (χ1v) is 7.67. The Labute approximate surface area is 117 Å². The van der Waals surface area contributed by atoms with E-state index in [2.05, 4.69) is 43.4 Å². The minimum atomic E-state index is 0.322. The van der Waals surface area contributed by atoms with Gasteiger partial charge in [0.2, 0.25) is 0 Å². The number of nitrogens with one attached hydrogen (secondary N) is 1. The Morgan fingerprint density at radius 1 is 1.21 bits per heavy atom. The van der Waals surface area contributed by atoms with Crippen molar-refractivity contribution < 1.29 is 4.74 Å². The maximum absolute atomic E-state index is 5.99. The summed E-state index contributed by atoms with van der Waals surface area (Å²) in [5.41, 5.74) is 2.79. The van der Waals surface area contributed by atoms with Gasteiger partial charge < -0.3 is 10.1 Å². The van der Waals surface area contributed by atoms with E-state index in [1.54, 1.807) is 0 Å². The quantitative estimate of drug-likeness (QED) is 0.770. The highest BCUT2D eigenvalue weighted by atomic mass is 16.5. The molecule has 1 aromatic carbocycles. The monoisotopic (exact) mass is 261 g/mol. The average molecular weight is 261 g/mol. The largest absolute Gasteiger partial charge is 0.376 e. The Morgan fingerprint density at radius 2 is 1.89 bits per heavy atom. The summed E-state index contributed by atoms with van der Waals surface area (Å²) in [7, 11) is 2.04. The van der Waals surface area contributed by atoms with Crippen LogP contribution < -0.4 is 5.32 Å². The molecule has 2 heteroatoms. The van der Waals surface area contributed by atoms with E-state index < -0.39 is 0 Å². The lowest BCUT2D eigenvalue weighted by Gasteiger charge is -2.27. The predicted molar refractivity (Wildman–Crippen MR) is 80.4 cm³/mol. The van der Waals surface area contributed by atoms with Crippen LogP contribution in [0.5, 0.6) is 0 Å². The highest BCUT2D eigenvalue weighted by Crippen LogP contribution is 2.40. The number of benzene rings is 1. The normalized spacial score (nSPS) is 18.3. The van der Waals surface area contributed by atoms with Gasteiger partial charge in [0.1, 0.15) is 0 Å². The van der Waals surface area contributed by atoms with Crippen LogP contribution in [-0.4, -0.2) is 19.8 Å². The number of hydrogen-bond donors (Lipinski definition) is 1. The second-order valence-corrected chi connectivity index (χ2v) is 5.52. The number of ether oxygens (including phenoxy) is 1. The Kier molecular flexibility index (Phi) is 5.41. The third kappa shape index (κ3) is 3.80. The summed E-state index contributed by atoms with van der Waals surface area (Å²) in [6.45, 7) is 5.11. The molecule has 0 aliphatic heterocycles. The summed E-state index contributed by atoms with van der Waals surface area (Å²) in [4.78, 5) is 0. The standard InChI is InChI=1S/C17H27NO/c1-4-6-13-7-9-14(10-8-13)16(18-3)17(19-5-2)15-11-12-15/h7-10,15-18H,4-6,11-12H2,1-3H3. The average Bonchev–Trinajstić information content (AvgIpc) is 3.25. The minimum absolute atomic E-state index is 0.322. The number of likely N-dealkylation sites (N-methyl/N-ethyl adjacent to an activating group) is 1. The van der Waals surface area contributed by atoms with Crippen molar-refractivity contribution in [3.05, 3.63) is 35.4 Å². The van der Waals surface area contributed by atoms with Crippen LogP contribution >= 0.6 is 0 Å².